The zero-order valence-corrected chi connectivity index (χ0v) is 13.7. The molecule has 2 aromatic rings. The van der Waals surface area contributed by atoms with Gasteiger partial charge in [0.15, 0.2) is 0 Å². The van der Waals surface area contributed by atoms with Crippen molar-refractivity contribution in [2.75, 3.05) is 17.2 Å². The Hall–Kier alpha value is -1.33. The number of benzene rings is 1. The Morgan fingerprint density at radius 3 is 2.85 bits per heavy atom. The molecule has 20 heavy (non-hydrogen) atoms. The van der Waals surface area contributed by atoms with Crippen LogP contribution >= 0.6 is 27.5 Å². The summed E-state index contributed by atoms with van der Waals surface area (Å²) in [7, 11) is 0. The summed E-state index contributed by atoms with van der Waals surface area (Å²) in [5.41, 5.74) is 1.94. The normalized spacial score (nSPS) is 10.4. The fraction of sp³-hybridized carbons (Fsp3) is 0.286. The van der Waals surface area contributed by atoms with Crippen LogP contribution in [0.4, 0.5) is 17.5 Å². The highest BCUT2D eigenvalue weighted by atomic mass is 79.9. The Bertz CT molecular complexity index is 604. The van der Waals surface area contributed by atoms with Gasteiger partial charge in [-0.25, -0.2) is 4.98 Å². The maximum Gasteiger partial charge on any atom is 0.224 e. The molecule has 0 unspecified atom stereocenters. The number of nitrogens with one attached hydrogen (secondary N) is 2. The van der Waals surface area contributed by atoms with Crippen LogP contribution in [0.15, 0.2) is 28.9 Å². The van der Waals surface area contributed by atoms with Crippen molar-refractivity contribution < 1.29 is 0 Å². The van der Waals surface area contributed by atoms with Gasteiger partial charge in [0, 0.05) is 23.5 Å². The highest BCUT2D eigenvalue weighted by Crippen LogP contribution is 2.26. The molecule has 0 aliphatic carbocycles. The standard InChI is InChI=1S/C14H16BrClN4/c1-3-6-17-14-18-8-11(15)13(20-14)19-10-5-4-9(2)12(16)7-10/h4-5,7-8H,3,6H2,1-2H3,(H2,17,18,19,20). The van der Waals surface area contributed by atoms with E-state index in [9.17, 15) is 0 Å². The monoisotopic (exact) mass is 354 g/mol. The lowest BCUT2D eigenvalue weighted by molar-refractivity contribution is 0.952. The number of aryl methyl sites for hydroxylation is 1. The van der Waals surface area contributed by atoms with Crippen molar-refractivity contribution in [2.24, 2.45) is 0 Å². The zero-order valence-electron chi connectivity index (χ0n) is 11.4. The van der Waals surface area contributed by atoms with E-state index in [2.05, 4.69) is 43.5 Å². The molecular formula is C14H16BrClN4. The second kappa shape index (κ2) is 6.90. The first kappa shape index (κ1) is 15.1. The molecule has 1 heterocycles. The van der Waals surface area contributed by atoms with Gasteiger partial charge in [0.1, 0.15) is 5.82 Å². The number of rotatable bonds is 5. The van der Waals surface area contributed by atoms with E-state index in [0.717, 1.165) is 33.7 Å². The lowest BCUT2D eigenvalue weighted by Gasteiger charge is -2.10. The summed E-state index contributed by atoms with van der Waals surface area (Å²) >= 11 is 9.56. The van der Waals surface area contributed by atoms with Crippen molar-refractivity contribution in [2.45, 2.75) is 20.3 Å². The molecule has 0 spiro atoms. The molecule has 2 rings (SSSR count). The molecule has 2 N–H and O–H groups in total. The summed E-state index contributed by atoms with van der Waals surface area (Å²) in [6, 6.07) is 5.81. The molecule has 0 atom stereocenters. The molecule has 0 saturated carbocycles. The van der Waals surface area contributed by atoms with Gasteiger partial charge in [-0.3, -0.25) is 0 Å². The summed E-state index contributed by atoms with van der Waals surface area (Å²) < 4.78 is 0.802. The van der Waals surface area contributed by atoms with Crippen molar-refractivity contribution in [1.82, 2.24) is 9.97 Å². The molecule has 0 radical (unpaired) electrons. The predicted octanol–water partition coefficient (Wildman–Crippen LogP) is 4.77. The minimum Gasteiger partial charge on any atom is -0.354 e. The quantitative estimate of drug-likeness (QED) is 0.811. The number of hydrogen-bond acceptors (Lipinski definition) is 4. The van der Waals surface area contributed by atoms with Gasteiger partial charge in [0.05, 0.1) is 4.47 Å². The van der Waals surface area contributed by atoms with Gasteiger partial charge in [-0.15, -0.1) is 0 Å². The maximum absolute atomic E-state index is 6.12. The van der Waals surface area contributed by atoms with E-state index in [0.29, 0.717) is 11.8 Å². The molecule has 1 aromatic carbocycles. The van der Waals surface area contributed by atoms with E-state index in [1.54, 1.807) is 6.20 Å². The van der Waals surface area contributed by atoms with Crippen molar-refractivity contribution in [3.8, 4) is 0 Å². The van der Waals surface area contributed by atoms with Crippen LogP contribution in [0.25, 0.3) is 0 Å². The van der Waals surface area contributed by atoms with Crippen LogP contribution in [-0.2, 0) is 0 Å². The number of hydrogen-bond donors (Lipinski definition) is 2. The zero-order chi connectivity index (χ0) is 14.5. The van der Waals surface area contributed by atoms with Crippen molar-refractivity contribution in [3.05, 3.63) is 39.5 Å². The van der Waals surface area contributed by atoms with Crippen molar-refractivity contribution >= 4 is 45.0 Å². The average Bonchev–Trinajstić information content (AvgIpc) is 2.44. The molecule has 1 aromatic heterocycles. The highest BCUT2D eigenvalue weighted by Gasteiger charge is 2.06. The topological polar surface area (TPSA) is 49.8 Å². The summed E-state index contributed by atoms with van der Waals surface area (Å²) in [6.45, 7) is 4.91. The van der Waals surface area contributed by atoms with Gasteiger partial charge in [0.25, 0.3) is 0 Å². The fourth-order valence-corrected chi connectivity index (χ4v) is 2.05. The van der Waals surface area contributed by atoms with Crippen LogP contribution in [0.2, 0.25) is 5.02 Å². The minimum atomic E-state index is 0.607. The van der Waals surface area contributed by atoms with Crippen LogP contribution in [0.3, 0.4) is 0 Å². The molecule has 6 heteroatoms. The first-order valence-electron chi connectivity index (χ1n) is 6.39. The summed E-state index contributed by atoms with van der Waals surface area (Å²) in [5.74, 6) is 1.31. The molecule has 106 valence electrons. The van der Waals surface area contributed by atoms with Crippen LogP contribution < -0.4 is 10.6 Å². The Kier molecular flexibility index (Phi) is 5.20. The lowest BCUT2D eigenvalue weighted by atomic mass is 10.2. The summed E-state index contributed by atoms with van der Waals surface area (Å²) in [6.07, 6.45) is 2.75. The SMILES string of the molecule is CCCNc1ncc(Br)c(Nc2ccc(C)c(Cl)c2)n1. The average molecular weight is 356 g/mol. The summed E-state index contributed by atoms with van der Waals surface area (Å²) in [4.78, 5) is 8.65. The van der Waals surface area contributed by atoms with Crippen LogP contribution in [0.1, 0.15) is 18.9 Å². The van der Waals surface area contributed by atoms with Gasteiger partial charge in [-0.2, -0.15) is 4.98 Å². The van der Waals surface area contributed by atoms with E-state index in [1.165, 1.54) is 0 Å². The minimum absolute atomic E-state index is 0.607. The molecule has 0 amide bonds. The smallest absolute Gasteiger partial charge is 0.224 e. The van der Waals surface area contributed by atoms with Gasteiger partial charge < -0.3 is 10.6 Å². The molecule has 0 bridgehead atoms. The molecule has 0 aliphatic rings. The number of aromatic nitrogens is 2. The molecular weight excluding hydrogens is 340 g/mol. The van der Waals surface area contributed by atoms with Gasteiger partial charge >= 0.3 is 0 Å². The summed E-state index contributed by atoms with van der Waals surface area (Å²) in [5, 5.41) is 7.12. The van der Waals surface area contributed by atoms with E-state index >= 15 is 0 Å². The Labute approximate surface area is 132 Å². The van der Waals surface area contributed by atoms with E-state index < -0.39 is 0 Å². The Morgan fingerprint density at radius 1 is 1.35 bits per heavy atom. The second-order valence-electron chi connectivity index (χ2n) is 4.41. The third-order valence-corrected chi connectivity index (χ3v) is 3.70. The molecule has 0 fully saturated rings. The predicted molar refractivity (Wildman–Crippen MR) is 88.0 cm³/mol. The van der Waals surface area contributed by atoms with Crippen LogP contribution in [-0.4, -0.2) is 16.5 Å². The highest BCUT2D eigenvalue weighted by molar-refractivity contribution is 9.10. The van der Waals surface area contributed by atoms with Crippen molar-refractivity contribution in [1.29, 1.82) is 0 Å². The van der Waals surface area contributed by atoms with E-state index in [4.69, 9.17) is 11.6 Å². The van der Waals surface area contributed by atoms with Gasteiger partial charge in [-0.05, 0) is 47.0 Å². The first-order valence-corrected chi connectivity index (χ1v) is 7.57. The first-order chi connectivity index (χ1) is 9.60. The number of anilines is 3. The lowest BCUT2D eigenvalue weighted by Crippen LogP contribution is -2.06. The molecule has 0 aliphatic heterocycles. The molecule has 4 nitrogen and oxygen atoms in total. The maximum atomic E-state index is 6.12. The third-order valence-electron chi connectivity index (χ3n) is 2.71. The van der Waals surface area contributed by atoms with Crippen LogP contribution in [0, 0.1) is 6.92 Å². The van der Waals surface area contributed by atoms with Gasteiger partial charge in [-0.1, -0.05) is 24.6 Å². The Balaban J connectivity index is 2.20. The number of halogens is 2. The fourth-order valence-electron chi connectivity index (χ4n) is 1.58. The largest absolute Gasteiger partial charge is 0.354 e. The van der Waals surface area contributed by atoms with Crippen LogP contribution in [0.5, 0.6) is 0 Å². The van der Waals surface area contributed by atoms with Gasteiger partial charge in [0.2, 0.25) is 5.95 Å². The number of nitrogens with zero attached hydrogens (tertiary/aromatic N) is 2. The van der Waals surface area contributed by atoms with Crippen molar-refractivity contribution in [3.63, 3.8) is 0 Å². The molecule has 0 saturated heterocycles. The Morgan fingerprint density at radius 2 is 2.15 bits per heavy atom. The van der Waals surface area contributed by atoms with E-state index in [1.807, 2.05) is 25.1 Å². The second-order valence-corrected chi connectivity index (χ2v) is 5.67. The third kappa shape index (κ3) is 3.84. The van der Waals surface area contributed by atoms with E-state index in [-0.39, 0.29) is 0 Å².